The average Bonchev–Trinajstić information content (AvgIpc) is 3.24. The van der Waals surface area contributed by atoms with Gasteiger partial charge in [-0.25, -0.2) is 10.2 Å². The van der Waals surface area contributed by atoms with E-state index in [2.05, 4.69) is 38.4 Å². The zero-order valence-corrected chi connectivity index (χ0v) is 17.7. The Bertz CT molecular complexity index is 1010. The lowest BCUT2D eigenvalue weighted by molar-refractivity contribution is -0.119. The summed E-state index contributed by atoms with van der Waals surface area (Å²) in [5, 5.41) is 6.97. The highest BCUT2D eigenvalue weighted by Gasteiger charge is 2.13. The zero-order chi connectivity index (χ0) is 20.6. The molecule has 1 heterocycles. The van der Waals surface area contributed by atoms with Gasteiger partial charge >= 0.3 is 5.97 Å². The average molecular weight is 503 g/mol. The molecule has 2 aromatic carbocycles. The lowest BCUT2D eigenvalue weighted by Gasteiger charge is -2.06. The van der Waals surface area contributed by atoms with Crippen LogP contribution in [0.3, 0.4) is 0 Å². The van der Waals surface area contributed by atoms with Gasteiger partial charge in [-0.1, -0.05) is 17.7 Å². The van der Waals surface area contributed by atoms with Crippen molar-refractivity contribution in [3.8, 4) is 5.75 Å². The van der Waals surface area contributed by atoms with Gasteiger partial charge in [-0.15, -0.1) is 0 Å². The van der Waals surface area contributed by atoms with Crippen molar-refractivity contribution in [1.82, 2.24) is 5.43 Å². The molecule has 1 amide bonds. The van der Waals surface area contributed by atoms with Crippen LogP contribution in [-0.2, 0) is 4.79 Å². The van der Waals surface area contributed by atoms with E-state index in [1.807, 2.05) is 31.2 Å². The topological polar surface area (TPSA) is 92.9 Å². The Morgan fingerprint density at radius 3 is 2.66 bits per heavy atom. The minimum Gasteiger partial charge on any atom is -0.457 e. The summed E-state index contributed by atoms with van der Waals surface area (Å²) in [5.74, 6) is -0.285. The van der Waals surface area contributed by atoms with Crippen molar-refractivity contribution in [1.29, 1.82) is 0 Å². The summed E-state index contributed by atoms with van der Waals surface area (Å²) >= 11 is 2.06. The van der Waals surface area contributed by atoms with E-state index in [1.54, 1.807) is 24.3 Å². The normalized spacial score (nSPS) is 10.7. The van der Waals surface area contributed by atoms with Crippen LogP contribution in [0.5, 0.6) is 5.75 Å². The predicted molar refractivity (Wildman–Crippen MR) is 118 cm³/mol. The number of nitrogens with zero attached hydrogens (tertiary/aromatic N) is 1. The Balaban J connectivity index is 1.50. The third-order valence-corrected chi connectivity index (χ3v) is 4.63. The molecule has 0 radical (unpaired) electrons. The molecule has 1 aromatic heterocycles. The summed E-state index contributed by atoms with van der Waals surface area (Å²) in [6.07, 6.45) is 2.93. The predicted octanol–water partition coefficient (Wildman–Crippen LogP) is 3.97. The Hall–Kier alpha value is -3.14. The van der Waals surface area contributed by atoms with Gasteiger partial charge in [0.25, 0.3) is 5.91 Å². The first kappa shape index (κ1) is 20.6. The number of hydrogen-bond donors (Lipinski definition) is 2. The minimum atomic E-state index is -0.567. The fourth-order valence-electron chi connectivity index (χ4n) is 2.30. The fourth-order valence-corrected chi connectivity index (χ4v) is 2.95. The SMILES string of the molecule is Cc1ccc(NCC(=O)N/N=C/c2ccc(OC(=O)c3ccco3)c(I)c2)cc1. The first-order chi connectivity index (χ1) is 14.0. The fraction of sp³-hybridized carbons (Fsp3) is 0.0952. The molecule has 3 aromatic rings. The number of hydrazone groups is 1. The molecule has 0 bridgehead atoms. The number of amides is 1. The van der Waals surface area contributed by atoms with Crippen LogP contribution in [0.1, 0.15) is 21.7 Å². The minimum absolute atomic E-state index is 0.111. The van der Waals surface area contributed by atoms with Gasteiger partial charge < -0.3 is 14.5 Å². The second kappa shape index (κ2) is 9.87. The van der Waals surface area contributed by atoms with E-state index >= 15 is 0 Å². The summed E-state index contributed by atoms with van der Waals surface area (Å²) in [6, 6.07) is 16.1. The lowest BCUT2D eigenvalue weighted by Crippen LogP contribution is -2.25. The summed E-state index contributed by atoms with van der Waals surface area (Å²) in [5.41, 5.74) is 5.23. The number of carbonyl (C=O) groups is 2. The van der Waals surface area contributed by atoms with Crippen LogP contribution >= 0.6 is 22.6 Å². The van der Waals surface area contributed by atoms with Crippen LogP contribution in [0.4, 0.5) is 5.69 Å². The first-order valence-electron chi connectivity index (χ1n) is 8.69. The highest BCUT2D eigenvalue weighted by Crippen LogP contribution is 2.22. The number of furan rings is 1. The summed E-state index contributed by atoms with van der Waals surface area (Å²) in [7, 11) is 0. The van der Waals surface area contributed by atoms with Crippen molar-refractivity contribution in [2.24, 2.45) is 5.10 Å². The van der Waals surface area contributed by atoms with Gasteiger partial charge in [-0.05, 0) is 77.5 Å². The van der Waals surface area contributed by atoms with Crippen LogP contribution in [0.25, 0.3) is 0 Å². The van der Waals surface area contributed by atoms with Crippen molar-refractivity contribution < 1.29 is 18.7 Å². The van der Waals surface area contributed by atoms with Crippen molar-refractivity contribution >= 4 is 46.4 Å². The van der Waals surface area contributed by atoms with E-state index in [0.29, 0.717) is 5.75 Å². The van der Waals surface area contributed by atoms with E-state index in [1.165, 1.54) is 18.5 Å². The summed E-state index contributed by atoms with van der Waals surface area (Å²) in [4.78, 5) is 23.8. The molecular formula is C21H18IN3O4. The van der Waals surface area contributed by atoms with Crippen molar-refractivity contribution in [2.45, 2.75) is 6.92 Å². The summed E-state index contributed by atoms with van der Waals surface area (Å²) in [6.45, 7) is 2.11. The zero-order valence-electron chi connectivity index (χ0n) is 15.5. The molecule has 2 N–H and O–H groups in total. The number of hydrogen-bond acceptors (Lipinski definition) is 6. The molecule has 3 rings (SSSR count). The van der Waals surface area contributed by atoms with Crippen molar-refractivity contribution in [3.63, 3.8) is 0 Å². The van der Waals surface area contributed by atoms with Crippen LogP contribution in [0.2, 0.25) is 0 Å². The standard InChI is InChI=1S/C21H18IN3O4/c1-14-4-7-16(8-5-14)23-13-20(26)25-24-12-15-6-9-18(17(22)11-15)29-21(27)19-3-2-10-28-19/h2-12,23H,13H2,1H3,(H,25,26)/b24-12+. The van der Waals surface area contributed by atoms with E-state index in [0.717, 1.165) is 20.4 Å². The van der Waals surface area contributed by atoms with E-state index in [4.69, 9.17) is 9.15 Å². The third kappa shape index (κ3) is 6.18. The van der Waals surface area contributed by atoms with Crippen LogP contribution < -0.4 is 15.5 Å². The molecule has 148 valence electrons. The molecule has 0 saturated heterocycles. The molecule has 0 fully saturated rings. The Labute approximate surface area is 181 Å². The van der Waals surface area contributed by atoms with Crippen LogP contribution in [0.15, 0.2) is 70.4 Å². The molecule has 0 aliphatic carbocycles. The Morgan fingerprint density at radius 2 is 1.97 bits per heavy atom. The first-order valence-corrected chi connectivity index (χ1v) is 9.77. The van der Waals surface area contributed by atoms with Gasteiger partial charge in [0.05, 0.1) is 22.6 Å². The third-order valence-electron chi connectivity index (χ3n) is 3.79. The van der Waals surface area contributed by atoms with Crippen molar-refractivity contribution in [2.75, 3.05) is 11.9 Å². The van der Waals surface area contributed by atoms with Gasteiger partial charge in [-0.2, -0.15) is 5.10 Å². The van der Waals surface area contributed by atoms with E-state index < -0.39 is 5.97 Å². The number of benzene rings is 2. The number of anilines is 1. The van der Waals surface area contributed by atoms with Crippen LogP contribution in [0, 0.1) is 10.5 Å². The number of nitrogens with one attached hydrogen (secondary N) is 2. The maximum absolute atomic E-state index is 11.9. The summed E-state index contributed by atoms with van der Waals surface area (Å²) < 4.78 is 11.0. The molecule has 0 saturated carbocycles. The number of aryl methyl sites for hydroxylation is 1. The van der Waals surface area contributed by atoms with E-state index in [9.17, 15) is 9.59 Å². The highest BCUT2D eigenvalue weighted by atomic mass is 127. The maximum atomic E-state index is 11.9. The largest absolute Gasteiger partial charge is 0.457 e. The molecule has 29 heavy (non-hydrogen) atoms. The van der Waals surface area contributed by atoms with Gasteiger partial charge in [0, 0.05) is 5.69 Å². The number of halogens is 1. The second-order valence-corrected chi connectivity index (χ2v) is 7.23. The Morgan fingerprint density at radius 1 is 1.17 bits per heavy atom. The molecule has 0 unspecified atom stereocenters. The quantitative estimate of drug-likeness (QED) is 0.167. The highest BCUT2D eigenvalue weighted by molar-refractivity contribution is 14.1. The molecule has 0 aliphatic heterocycles. The van der Waals surface area contributed by atoms with Crippen LogP contribution in [-0.4, -0.2) is 24.6 Å². The Kier molecular flexibility index (Phi) is 7.01. The smallest absolute Gasteiger partial charge is 0.379 e. The molecular weight excluding hydrogens is 485 g/mol. The number of esters is 1. The monoisotopic (exact) mass is 503 g/mol. The molecule has 0 aliphatic rings. The number of carbonyl (C=O) groups excluding carboxylic acids is 2. The molecule has 7 nitrogen and oxygen atoms in total. The van der Waals surface area contributed by atoms with E-state index in [-0.39, 0.29) is 18.2 Å². The second-order valence-electron chi connectivity index (χ2n) is 6.07. The van der Waals surface area contributed by atoms with Gasteiger partial charge in [-0.3, -0.25) is 4.79 Å². The maximum Gasteiger partial charge on any atom is 0.379 e. The lowest BCUT2D eigenvalue weighted by atomic mass is 10.2. The van der Waals surface area contributed by atoms with Gasteiger partial charge in [0.15, 0.2) is 0 Å². The molecule has 8 heteroatoms. The van der Waals surface area contributed by atoms with Gasteiger partial charge in [0.1, 0.15) is 5.75 Å². The molecule has 0 atom stereocenters. The van der Waals surface area contributed by atoms with Crippen molar-refractivity contribution in [3.05, 3.63) is 81.3 Å². The number of ether oxygens (including phenoxy) is 1. The molecule has 0 spiro atoms. The number of rotatable bonds is 7. The van der Waals surface area contributed by atoms with Gasteiger partial charge in [0.2, 0.25) is 5.76 Å².